The molecule has 0 heterocycles. The molecule has 0 radical (unpaired) electrons. The number of hydrogen-bond donors (Lipinski definition) is 1. The van der Waals surface area contributed by atoms with E-state index in [1.165, 1.54) is 0 Å². The van der Waals surface area contributed by atoms with Gasteiger partial charge in [-0.15, -0.1) is 0 Å². The van der Waals surface area contributed by atoms with E-state index in [1.54, 1.807) is 24.3 Å². The number of rotatable bonds is 6. The summed E-state index contributed by atoms with van der Waals surface area (Å²) >= 11 is 5.76. The minimum absolute atomic E-state index is 0.271. The largest absolute Gasteiger partial charge is 0.481 e. The van der Waals surface area contributed by atoms with Crippen LogP contribution in [0.25, 0.3) is 11.1 Å². The Balaban J connectivity index is 2.38. The molecule has 2 aromatic rings. The minimum atomic E-state index is -1.38. The Bertz CT molecular complexity index is 712. The lowest BCUT2D eigenvalue weighted by Gasteiger charge is -2.12. The summed E-state index contributed by atoms with van der Waals surface area (Å²) in [6, 6.07) is 7.17. The van der Waals surface area contributed by atoms with Crippen LogP contribution < -0.4 is 0 Å². The highest BCUT2D eigenvalue weighted by Crippen LogP contribution is 2.32. The van der Waals surface area contributed by atoms with Gasteiger partial charge >= 0.3 is 5.97 Å². The lowest BCUT2D eigenvalue weighted by molar-refractivity contribution is -0.137. The highest BCUT2D eigenvalue weighted by Gasteiger charge is 2.23. The van der Waals surface area contributed by atoms with E-state index >= 15 is 0 Å². The van der Waals surface area contributed by atoms with Crippen molar-refractivity contribution < 1.29 is 18.7 Å². The number of carboxylic acid groups (broad SMARTS) is 1. The van der Waals surface area contributed by atoms with Crippen LogP contribution in [0.1, 0.15) is 24.4 Å². The summed E-state index contributed by atoms with van der Waals surface area (Å²) in [4.78, 5) is 21.4. The molecule has 0 fully saturated rings. The number of nitroso groups, excluding NO2 is 1. The molecule has 0 amide bonds. The second kappa shape index (κ2) is 7.28. The first-order chi connectivity index (χ1) is 10.9. The van der Waals surface area contributed by atoms with E-state index in [9.17, 15) is 18.5 Å². The molecule has 4 nitrogen and oxygen atoms in total. The molecule has 1 N–H and O–H groups in total. The van der Waals surface area contributed by atoms with Gasteiger partial charge in [0.15, 0.2) is 0 Å². The topological polar surface area (TPSA) is 66.7 Å². The third-order valence-corrected chi connectivity index (χ3v) is 3.60. The van der Waals surface area contributed by atoms with E-state index < -0.39 is 35.6 Å². The first-order valence-electron chi connectivity index (χ1n) is 6.71. The van der Waals surface area contributed by atoms with Crippen molar-refractivity contribution in [1.82, 2.24) is 0 Å². The summed E-state index contributed by atoms with van der Waals surface area (Å²) < 4.78 is 28.5. The van der Waals surface area contributed by atoms with Crippen molar-refractivity contribution in [2.24, 2.45) is 5.18 Å². The molecule has 0 bridgehead atoms. The molecule has 0 aliphatic carbocycles. The molecular weight excluding hydrogens is 328 g/mol. The van der Waals surface area contributed by atoms with Crippen molar-refractivity contribution in [2.75, 3.05) is 0 Å². The van der Waals surface area contributed by atoms with Crippen LogP contribution in [0.3, 0.4) is 0 Å². The van der Waals surface area contributed by atoms with Gasteiger partial charge in [-0.25, -0.2) is 8.78 Å². The Kier molecular flexibility index (Phi) is 5.39. The quantitative estimate of drug-likeness (QED) is 0.756. The molecule has 23 heavy (non-hydrogen) atoms. The summed E-state index contributed by atoms with van der Waals surface area (Å²) in [5.74, 6) is -3.05. The Hall–Kier alpha value is -2.34. The predicted molar refractivity (Wildman–Crippen MR) is 82.2 cm³/mol. The number of carboxylic acids is 1. The maximum atomic E-state index is 14.2. The molecule has 2 rings (SSSR count). The van der Waals surface area contributed by atoms with Crippen LogP contribution in [-0.4, -0.2) is 11.1 Å². The van der Waals surface area contributed by atoms with Crippen molar-refractivity contribution in [2.45, 2.75) is 18.9 Å². The summed E-state index contributed by atoms with van der Waals surface area (Å²) in [6.45, 7) is 0. The van der Waals surface area contributed by atoms with E-state index in [0.717, 1.165) is 12.1 Å². The van der Waals surface area contributed by atoms with Crippen LogP contribution >= 0.6 is 11.6 Å². The number of nitrogens with zero attached hydrogens (tertiary/aromatic N) is 1. The number of hydrogen-bond acceptors (Lipinski definition) is 3. The fraction of sp³-hybridized carbons (Fsp3) is 0.188. The first-order valence-corrected chi connectivity index (χ1v) is 7.09. The zero-order valence-electron chi connectivity index (χ0n) is 11.8. The molecule has 0 aromatic heterocycles. The standard InChI is InChI=1S/C16H12ClF2NO3/c17-11-3-1-9(2-4-11)10-7-12(18)16(13(19)8-10)14(20-23)5-6-15(21)22/h1-4,7-8,14H,5-6H2,(H,21,22). The normalized spacial score (nSPS) is 12.0. The van der Waals surface area contributed by atoms with Gasteiger partial charge in [-0.2, -0.15) is 4.91 Å². The summed E-state index contributed by atoms with van der Waals surface area (Å²) in [5, 5.41) is 11.8. The molecule has 0 aliphatic rings. The van der Waals surface area contributed by atoms with Gasteiger partial charge in [0.2, 0.25) is 0 Å². The van der Waals surface area contributed by atoms with E-state index in [2.05, 4.69) is 5.18 Å². The molecule has 0 saturated carbocycles. The number of halogens is 3. The highest BCUT2D eigenvalue weighted by molar-refractivity contribution is 6.30. The van der Waals surface area contributed by atoms with Crippen LogP contribution in [0.5, 0.6) is 0 Å². The molecule has 0 saturated heterocycles. The van der Waals surface area contributed by atoms with Crippen molar-refractivity contribution >= 4 is 17.6 Å². The Morgan fingerprint density at radius 2 is 1.70 bits per heavy atom. The van der Waals surface area contributed by atoms with Crippen molar-refractivity contribution in [3.63, 3.8) is 0 Å². The highest BCUT2D eigenvalue weighted by atomic mass is 35.5. The van der Waals surface area contributed by atoms with E-state index in [0.29, 0.717) is 10.6 Å². The fourth-order valence-electron chi connectivity index (χ4n) is 2.22. The van der Waals surface area contributed by atoms with E-state index in [1.807, 2.05) is 0 Å². The zero-order chi connectivity index (χ0) is 17.0. The third-order valence-electron chi connectivity index (χ3n) is 3.35. The second-order valence-corrected chi connectivity index (χ2v) is 5.35. The fourth-order valence-corrected chi connectivity index (χ4v) is 2.35. The second-order valence-electron chi connectivity index (χ2n) is 4.91. The zero-order valence-corrected chi connectivity index (χ0v) is 12.6. The van der Waals surface area contributed by atoms with Gasteiger partial charge in [-0.3, -0.25) is 4.79 Å². The average Bonchev–Trinajstić information content (AvgIpc) is 2.50. The molecule has 0 aliphatic heterocycles. The molecule has 2 aromatic carbocycles. The van der Waals surface area contributed by atoms with Gasteiger partial charge in [-0.1, -0.05) is 28.9 Å². The molecule has 120 valence electrons. The molecular formula is C16H12ClF2NO3. The lowest BCUT2D eigenvalue weighted by atomic mass is 9.97. The van der Waals surface area contributed by atoms with E-state index in [-0.39, 0.29) is 12.0 Å². The van der Waals surface area contributed by atoms with Crippen molar-refractivity contribution in [3.8, 4) is 11.1 Å². The van der Waals surface area contributed by atoms with Gasteiger partial charge in [0.1, 0.15) is 17.7 Å². The van der Waals surface area contributed by atoms with Gasteiger partial charge < -0.3 is 5.11 Å². The van der Waals surface area contributed by atoms with E-state index in [4.69, 9.17) is 16.7 Å². The SMILES string of the molecule is O=NC(CCC(=O)O)c1c(F)cc(-c2ccc(Cl)cc2)cc1F. The Labute approximate surface area is 135 Å². The van der Waals surface area contributed by atoms with Crippen LogP contribution in [0.15, 0.2) is 41.6 Å². The number of carbonyl (C=O) groups is 1. The van der Waals surface area contributed by atoms with Gasteiger partial charge in [0.25, 0.3) is 0 Å². The Morgan fingerprint density at radius 3 is 2.17 bits per heavy atom. The number of aliphatic carboxylic acids is 1. The number of benzene rings is 2. The Morgan fingerprint density at radius 1 is 1.13 bits per heavy atom. The van der Waals surface area contributed by atoms with Crippen LogP contribution in [-0.2, 0) is 4.79 Å². The average molecular weight is 340 g/mol. The molecule has 7 heteroatoms. The van der Waals surface area contributed by atoms with Gasteiger partial charge in [0, 0.05) is 11.4 Å². The maximum Gasteiger partial charge on any atom is 0.303 e. The molecule has 0 spiro atoms. The first kappa shape index (κ1) is 17.0. The third kappa shape index (κ3) is 4.10. The van der Waals surface area contributed by atoms with Gasteiger partial charge in [-0.05, 0) is 41.8 Å². The summed E-state index contributed by atoms with van der Waals surface area (Å²) in [7, 11) is 0. The van der Waals surface area contributed by atoms with Crippen molar-refractivity contribution in [3.05, 3.63) is 63.5 Å². The van der Waals surface area contributed by atoms with Gasteiger partial charge in [0.05, 0.1) is 5.56 Å². The molecule has 1 unspecified atom stereocenters. The summed E-state index contributed by atoms with van der Waals surface area (Å²) in [5.41, 5.74) is 0.321. The predicted octanol–water partition coefficient (Wildman–Crippen LogP) is 4.96. The maximum absolute atomic E-state index is 14.2. The smallest absolute Gasteiger partial charge is 0.303 e. The van der Waals surface area contributed by atoms with Crippen LogP contribution in [0.2, 0.25) is 5.02 Å². The lowest BCUT2D eigenvalue weighted by Crippen LogP contribution is -2.06. The minimum Gasteiger partial charge on any atom is -0.481 e. The monoisotopic (exact) mass is 339 g/mol. The van der Waals surface area contributed by atoms with Crippen LogP contribution in [0, 0.1) is 16.5 Å². The molecule has 1 atom stereocenters. The summed E-state index contributed by atoms with van der Waals surface area (Å²) in [6.07, 6.45) is -0.679. The van der Waals surface area contributed by atoms with Crippen LogP contribution in [0.4, 0.5) is 8.78 Å². The van der Waals surface area contributed by atoms with Crippen molar-refractivity contribution in [1.29, 1.82) is 0 Å².